The molecular weight excluding hydrogens is 370 g/mol. The first kappa shape index (κ1) is 18.8. The van der Waals surface area contributed by atoms with E-state index in [0.29, 0.717) is 25.3 Å². The molecule has 4 rings (SSSR count). The standard InChI is InChI=1S/C20H23N7O2/c1-2-14-4-3-5-15(8-14)18-10-22-20(29-18)19(28)24-16-9-17(26(11-16)13-21)12-27-7-6-23-25-27/h3-8,10,16-17,20,22H,2,9,11-12H2,1H3,(H,24,28)/t16-,17+,20?/m1/s1. The number of likely N-dealkylation sites (tertiary alicyclic amines) is 1. The zero-order valence-electron chi connectivity index (χ0n) is 16.2. The summed E-state index contributed by atoms with van der Waals surface area (Å²) >= 11 is 0. The molecule has 9 heteroatoms. The average Bonchev–Trinajstić information content (AvgIpc) is 3.49. The molecule has 3 heterocycles. The minimum atomic E-state index is -0.778. The number of hydrogen-bond donors (Lipinski definition) is 2. The van der Waals surface area contributed by atoms with Crippen LogP contribution < -0.4 is 10.6 Å². The van der Waals surface area contributed by atoms with Crippen molar-refractivity contribution in [3.05, 3.63) is 54.0 Å². The highest BCUT2D eigenvalue weighted by Crippen LogP contribution is 2.23. The van der Waals surface area contributed by atoms with Crippen molar-refractivity contribution < 1.29 is 9.53 Å². The zero-order chi connectivity index (χ0) is 20.2. The van der Waals surface area contributed by atoms with Crippen molar-refractivity contribution in [2.24, 2.45) is 0 Å². The molecule has 1 fully saturated rings. The Balaban J connectivity index is 1.32. The van der Waals surface area contributed by atoms with Gasteiger partial charge in [-0.25, -0.2) is 0 Å². The van der Waals surface area contributed by atoms with Crippen LogP contribution in [0.5, 0.6) is 0 Å². The van der Waals surface area contributed by atoms with Crippen LogP contribution in [0.25, 0.3) is 5.76 Å². The highest BCUT2D eigenvalue weighted by molar-refractivity contribution is 5.83. The van der Waals surface area contributed by atoms with Crippen molar-refractivity contribution in [1.82, 2.24) is 30.5 Å². The van der Waals surface area contributed by atoms with Crippen LogP contribution in [-0.2, 0) is 22.5 Å². The number of nitriles is 1. The van der Waals surface area contributed by atoms with E-state index in [1.165, 1.54) is 5.56 Å². The smallest absolute Gasteiger partial charge is 0.282 e. The summed E-state index contributed by atoms with van der Waals surface area (Å²) in [5, 5.41) is 23.1. The van der Waals surface area contributed by atoms with Gasteiger partial charge in [0.05, 0.1) is 18.8 Å². The Morgan fingerprint density at radius 1 is 1.48 bits per heavy atom. The van der Waals surface area contributed by atoms with Gasteiger partial charge in [-0.15, -0.1) is 5.10 Å². The third-order valence-corrected chi connectivity index (χ3v) is 5.23. The molecule has 9 nitrogen and oxygen atoms in total. The lowest BCUT2D eigenvalue weighted by Gasteiger charge is -2.17. The van der Waals surface area contributed by atoms with E-state index in [2.05, 4.69) is 46.2 Å². The number of amides is 1. The summed E-state index contributed by atoms with van der Waals surface area (Å²) in [5.41, 5.74) is 2.15. The van der Waals surface area contributed by atoms with E-state index in [1.54, 1.807) is 28.2 Å². The second-order valence-corrected chi connectivity index (χ2v) is 7.20. The lowest BCUT2D eigenvalue weighted by molar-refractivity contribution is -0.129. The van der Waals surface area contributed by atoms with Crippen molar-refractivity contribution >= 4 is 11.7 Å². The Morgan fingerprint density at radius 3 is 3.14 bits per heavy atom. The number of carbonyl (C=O) groups is 1. The van der Waals surface area contributed by atoms with Crippen LogP contribution in [0.15, 0.2) is 42.9 Å². The van der Waals surface area contributed by atoms with Crippen molar-refractivity contribution in [2.75, 3.05) is 6.54 Å². The SMILES string of the molecule is CCc1cccc(C2=CNC(C(=O)N[C@@H]3C[C@@H](Cn4ccnn4)N(C#N)C3)O2)c1. The first-order valence-electron chi connectivity index (χ1n) is 9.69. The van der Waals surface area contributed by atoms with Crippen LogP contribution >= 0.6 is 0 Å². The molecule has 0 spiro atoms. The van der Waals surface area contributed by atoms with E-state index in [0.717, 1.165) is 12.0 Å². The molecule has 1 aromatic carbocycles. The maximum atomic E-state index is 12.7. The fraction of sp³-hybridized carbons (Fsp3) is 0.400. The first-order valence-corrected chi connectivity index (χ1v) is 9.69. The summed E-state index contributed by atoms with van der Waals surface area (Å²) < 4.78 is 7.52. The van der Waals surface area contributed by atoms with E-state index in [-0.39, 0.29) is 18.0 Å². The number of benzene rings is 1. The Morgan fingerprint density at radius 2 is 2.38 bits per heavy atom. The maximum Gasteiger partial charge on any atom is 0.282 e. The predicted molar refractivity (Wildman–Crippen MR) is 104 cm³/mol. The van der Waals surface area contributed by atoms with Crippen molar-refractivity contribution in [3.8, 4) is 6.19 Å². The molecular formula is C20H23N7O2. The Hall–Kier alpha value is -3.54. The van der Waals surface area contributed by atoms with E-state index in [1.807, 2.05) is 12.1 Å². The molecule has 1 unspecified atom stereocenters. The molecule has 2 aromatic rings. The summed E-state index contributed by atoms with van der Waals surface area (Å²) in [5.74, 6) is 0.404. The van der Waals surface area contributed by atoms with Gasteiger partial charge in [-0.1, -0.05) is 30.3 Å². The molecule has 0 saturated carbocycles. The molecule has 150 valence electrons. The Bertz CT molecular complexity index is 935. The van der Waals surface area contributed by atoms with Crippen LogP contribution in [0.4, 0.5) is 0 Å². The van der Waals surface area contributed by atoms with Gasteiger partial charge < -0.3 is 20.3 Å². The molecule has 0 radical (unpaired) electrons. The van der Waals surface area contributed by atoms with Gasteiger partial charge in [-0.2, -0.15) is 5.26 Å². The number of carbonyl (C=O) groups excluding carboxylic acids is 1. The monoisotopic (exact) mass is 393 g/mol. The highest BCUT2D eigenvalue weighted by Gasteiger charge is 2.35. The second kappa shape index (κ2) is 8.22. The summed E-state index contributed by atoms with van der Waals surface area (Å²) in [4.78, 5) is 14.3. The van der Waals surface area contributed by atoms with Crippen molar-refractivity contribution in [1.29, 1.82) is 5.26 Å². The fourth-order valence-corrected chi connectivity index (χ4v) is 3.71. The lowest BCUT2D eigenvalue weighted by atomic mass is 10.1. The normalized spacial score (nSPS) is 23.1. The number of hydrogen-bond acceptors (Lipinski definition) is 7. The number of aromatic nitrogens is 3. The third kappa shape index (κ3) is 4.16. The lowest BCUT2D eigenvalue weighted by Crippen LogP contribution is -2.46. The topological polar surface area (TPSA) is 108 Å². The molecule has 2 N–H and O–H groups in total. The van der Waals surface area contributed by atoms with Gasteiger partial charge >= 0.3 is 0 Å². The molecule has 2 aliphatic rings. The second-order valence-electron chi connectivity index (χ2n) is 7.20. The molecule has 0 bridgehead atoms. The van der Waals surface area contributed by atoms with Crippen LogP contribution in [-0.4, -0.2) is 50.7 Å². The molecule has 3 atom stereocenters. The minimum Gasteiger partial charge on any atom is -0.459 e. The van der Waals surface area contributed by atoms with Crippen LogP contribution in [0.3, 0.4) is 0 Å². The van der Waals surface area contributed by atoms with E-state index in [9.17, 15) is 10.1 Å². The van der Waals surface area contributed by atoms with Gasteiger partial charge in [0.2, 0.25) is 6.23 Å². The summed E-state index contributed by atoms with van der Waals surface area (Å²) in [7, 11) is 0. The van der Waals surface area contributed by atoms with Crippen molar-refractivity contribution in [3.63, 3.8) is 0 Å². The largest absolute Gasteiger partial charge is 0.459 e. The van der Waals surface area contributed by atoms with Gasteiger partial charge in [0.25, 0.3) is 5.91 Å². The first-order chi connectivity index (χ1) is 14.2. The van der Waals surface area contributed by atoms with Gasteiger partial charge in [0.15, 0.2) is 6.19 Å². The molecule has 1 saturated heterocycles. The van der Waals surface area contributed by atoms with Crippen LogP contribution in [0.1, 0.15) is 24.5 Å². The zero-order valence-corrected chi connectivity index (χ0v) is 16.2. The number of ether oxygens (including phenoxy) is 1. The maximum absolute atomic E-state index is 12.7. The average molecular weight is 393 g/mol. The molecule has 1 amide bonds. The number of rotatable bonds is 6. The fourth-order valence-electron chi connectivity index (χ4n) is 3.71. The van der Waals surface area contributed by atoms with Gasteiger partial charge in [-0.05, 0) is 24.5 Å². The van der Waals surface area contributed by atoms with Crippen molar-refractivity contribution in [2.45, 2.75) is 44.6 Å². The van der Waals surface area contributed by atoms with Crippen LogP contribution in [0.2, 0.25) is 0 Å². The van der Waals surface area contributed by atoms with E-state index in [4.69, 9.17) is 4.74 Å². The highest BCUT2D eigenvalue weighted by atomic mass is 16.5. The predicted octanol–water partition coefficient (Wildman–Crippen LogP) is 0.825. The summed E-state index contributed by atoms with van der Waals surface area (Å²) in [6.45, 7) is 3.12. The molecule has 0 aliphatic carbocycles. The minimum absolute atomic E-state index is 0.0325. The summed E-state index contributed by atoms with van der Waals surface area (Å²) in [6.07, 6.45) is 8.11. The van der Waals surface area contributed by atoms with Crippen LogP contribution in [0, 0.1) is 11.5 Å². The Labute approximate surface area is 168 Å². The molecule has 29 heavy (non-hydrogen) atoms. The third-order valence-electron chi connectivity index (χ3n) is 5.23. The number of nitrogens with one attached hydrogen (secondary N) is 2. The number of nitrogens with zero attached hydrogens (tertiary/aromatic N) is 5. The molecule has 1 aromatic heterocycles. The number of aryl methyl sites for hydroxylation is 1. The quantitative estimate of drug-likeness (QED) is 0.700. The van der Waals surface area contributed by atoms with E-state index >= 15 is 0 Å². The van der Waals surface area contributed by atoms with Gasteiger partial charge in [0, 0.05) is 30.5 Å². The van der Waals surface area contributed by atoms with Gasteiger partial charge in [0.1, 0.15) is 5.76 Å². The van der Waals surface area contributed by atoms with Gasteiger partial charge in [-0.3, -0.25) is 9.48 Å². The summed E-state index contributed by atoms with van der Waals surface area (Å²) in [6, 6.07) is 7.90. The molecule has 2 aliphatic heterocycles. The van der Waals surface area contributed by atoms with E-state index < -0.39 is 6.23 Å². The Kier molecular flexibility index (Phi) is 5.33.